The van der Waals surface area contributed by atoms with Crippen molar-refractivity contribution in [3.05, 3.63) is 34.3 Å². The topological polar surface area (TPSA) is 43.4 Å². The smallest absolute Gasteiger partial charge is 0.306 e. The molecule has 0 unspecified atom stereocenters. The van der Waals surface area contributed by atoms with Crippen LogP contribution in [0.1, 0.15) is 16.8 Å². The van der Waals surface area contributed by atoms with Gasteiger partial charge >= 0.3 is 5.97 Å². The largest absolute Gasteiger partial charge is 0.465 e. The predicted molar refractivity (Wildman–Crippen MR) is 57.5 cm³/mol. The molecule has 3 nitrogen and oxygen atoms in total. The summed E-state index contributed by atoms with van der Waals surface area (Å²) in [7, 11) is 0. The van der Waals surface area contributed by atoms with E-state index in [4.69, 9.17) is 4.74 Å². The third-order valence-corrected chi connectivity index (χ3v) is 2.89. The van der Waals surface area contributed by atoms with Crippen molar-refractivity contribution in [2.24, 2.45) is 5.92 Å². The second-order valence-electron chi connectivity index (χ2n) is 3.46. The van der Waals surface area contributed by atoms with Crippen LogP contribution in [0.4, 0.5) is 0 Å². The maximum absolute atomic E-state index is 11.9. The van der Waals surface area contributed by atoms with E-state index < -0.39 is 0 Å². The molecule has 4 heteroatoms. The van der Waals surface area contributed by atoms with Gasteiger partial charge in [-0.2, -0.15) is 0 Å². The first-order valence-electron chi connectivity index (χ1n) is 4.62. The molecule has 1 aromatic rings. The van der Waals surface area contributed by atoms with Crippen molar-refractivity contribution in [3.63, 3.8) is 0 Å². The van der Waals surface area contributed by atoms with Gasteiger partial charge in [0.05, 0.1) is 12.3 Å². The zero-order valence-corrected chi connectivity index (χ0v) is 9.49. The Kier molecular flexibility index (Phi) is 2.86. The van der Waals surface area contributed by atoms with E-state index >= 15 is 0 Å². The van der Waals surface area contributed by atoms with Crippen molar-refractivity contribution >= 4 is 27.7 Å². The van der Waals surface area contributed by atoms with Crippen LogP contribution in [0, 0.1) is 5.92 Å². The fraction of sp³-hybridized carbons (Fsp3) is 0.273. The Morgan fingerprint density at radius 1 is 1.33 bits per heavy atom. The van der Waals surface area contributed by atoms with Crippen LogP contribution < -0.4 is 0 Å². The first-order chi connectivity index (χ1) is 7.16. The lowest BCUT2D eigenvalue weighted by atomic mass is 9.97. The van der Waals surface area contributed by atoms with Crippen molar-refractivity contribution in [1.29, 1.82) is 0 Å². The summed E-state index contributed by atoms with van der Waals surface area (Å²) >= 11 is 3.30. The molecule has 2 rings (SSSR count). The van der Waals surface area contributed by atoms with E-state index in [1.807, 2.05) is 12.1 Å². The van der Waals surface area contributed by atoms with Gasteiger partial charge in [0.25, 0.3) is 0 Å². The number of carbonyl (C=O) groups is 2. The molecule has 0 spiro atoms. The van der Waals surface area contributed by atoms with E-state index in [1.165, 1.54) is 0 Å². The summed E-state index contributed by atoms with van der Waals surface area (Å²) < 4.78 is 5.69. The molecule has 1 fully saturated rings. The van der Waals surface area contributed by atoms with Gasteiger partial charge in [-0.3, -0.25) is 9.59 Å². The maximum atomic E-state index is 11.9. The van der Waals surface area contributed by atoms with Gasteiger partial charge in [-0.25, -0.2) is 0 Å². The van der Waals surface area contributed by atoms with Gasteiger partial charge in [0.1, 0.15) is 6.61 Å². The van der Waals surface area contributed by atoms with E-state index in [0.29, 0.717) is 5.56 Å². The van der Waals surface area contributed by atoms with Crippen molar-refractivity contribution in [2.75, 3.05) is 6.61 Å². The third-order valence-electron chi connectivity index (χ3n) is 2.36. The summed E-state index contributed by atoms with van der Waals surface area (Å²) in [6, 6.07) is 7.11. The second kappa shape index (κ2) is 4.14. The molecular weight excluding hydrogens is 260 g/mol. The summed E-state index contributed by atoms with van der Waals surface area (Å²) in [5, 5.41) is 0. The number of cyclic esters (lactones) is 1. The molecule has 0 bridgehead atoms. The van der Waals surface area contributed by atoms with Crippen LogP contribution in [0.2, 0.25) is 0 Å². The van der Waals surface area contributed by atoms with Crippen molar-refractivity contribution in [3.8, 4) is 0 Å². The third kappa shape index (κ3) is 2.26. The number of hydrogen-bond acceptors (Lipinski definition) is 3. The molecule has 1 aliphatic heterocycles. The monoisotopic (exact) mass is 268 g/mol. The summed E-state index contributed by atoms with van der Waals surface area (Å²) in [6.45, 7) is 0.216. The minimum Gasteiger partial charge on any atom is -0.465 e. The molecule has 1 saturated heterocycles. The fourth-order valence-electron chi connectivity index (χ4n) is 1.53. The standard InChI is InChI=1S/C11H9BrO3/c12-9-3-1-7(2-4-9)11(14)8-5-10(13)15-6-8/h1-4,8H,5-6H2/t8-/m1/s1. The molecule has 1 atom stereocenters. The predicted octanol–water partition coefficient (Wildman–Crippen LogP) is 2.19. The summed E-state index contributed by atoms with van der Waals surface area (Å²) in [5.74, 6) is -0.613. The minimum atomic E-state index is -0.307. The first-order valence-corrected chi connectivity index (χ1v) is 5.41. The number of carbonyl (C=O) groups excluding carboxylic acids is 2. The molecule has 1 aromatic carbocycles. The highest BCUT2D eigenvalue weighted by Gasteiger charge is 2.30. The minimum absolute atomic E-state index is 0.0200. The molecule has 0 aromatic heterocycles. The zero-order chi connectivity index (χ0) is 10.8. The van der Waals surface area contributed by atoms with Gasteiger partial charge in [-0.15, -0.1) is 0 Å². The van der Waals surface area contributed by atoms with E-state index in [1.54, 1.807) is 12.1 Å². The van der Waals surface area contributed by atoms with E-state index in [0.717, 1.165) is 4.47 Å². The number of Topliss-reactive ketones (excluding diaryl/α,β-unsaturated/α-hetero) is 1. The number of halogens is 1. The van der Waals surface area contributed by atoms with E-state index in [2.05, 4.69) is 15.9 Å². The van der Waals surface area contributed by atoms with Crippen LogP contribution in [-0.4, -0.2) is 18.4 Å². The summed E-state index contributed by atoms with van der Waals surface area (Å²) in [6.07, 6.45) is 0.203. The molecule has 1 aliphatic rings. The van der Waals surface area contributed by atoms with Crippen LogP contribution in [0.5, 0.6) is 0 Å². The van der Waals surface area contributed by atoms with Crippen LogP contribution in [0.25, 0.3) is 0 Å². The van der Waals surface area contributed by atoms with Crippen molar-refractivity contribution in [1.82, 2.24) is 0 Å². The van der Waals surface area contributed by atoms with Gasteiger partial charge in [-0.1, -0.05) is 28.1 Å². The molecule has 1 heterocycles. The van der Waals surface area contributed by atoms with Crippen LogP contribution in [0.15, 0.2) is 28.7 Å². The highest BCUT2D eigenvalue weighted by Crippen LogP contribution is 2.20. The highest BCUT2D eigenvalue weighted by atomic mass is 79.9. The molecule has 0 aliphatic carbocycles. The number of benzene rings is 1. The van der Waals surface area contributed by atoms with E-state index in [-0.39, 0.29) is 30.7 Å². The SMILES string of the molecule is O=C1C[C@@H](C(=O)c2ccc(Br)cc2)CO1. The van der Waals surface area contributed by atoms with Crippen molar-refractivity contribution < 1.29 is 14.3 Å². The Morgan fingerprint density at radius 2 is 2.00 bits per heavy atom. The van der Waals surface area contributed by atoms with Gasteiger partial charge in [0.15, 0.2) is 5.78 Å². The number of rotatable bonds is 2. The molecule has 15 heavy (non-hydrogen) atoms. The second-order valence-corrected chi connectivity index (χ2v) is 4.37. The quantitative estimate of drug-likeness (QED) is 0.610. The molecule has 0 amide bonds. The summed E-state index contributed by atoms with van der Waals surface area (Å²) in [5.41, 5.74) is 0.626. The Labute approximate surface area is 95.6 Å². The Hall–Kier alpha value is -1.16. The van der Waals surface area contributed by atoms with Gasteiger partial charge in [-0.05, 0) is 12.1 Å². The molecule has 0 N–H and O–H groups in total. The lowest BCUT2D eigenvalue weighted by Crippen LogP contribution is -2.14. The molecule has 78 valence electrons. The average molecular weight is 269 g/mol. The normalized spacial score (nSPS) is 20.1. The highest BCUT2D eigenvalue weighted by molar-refractivity contribution is 9.10. The van der Waals surface area contributed by atoms with E-state index in [9.17, 15) is 9.59 Å². The maximum Gasteiger partial charge on any atom is 0.306 e. The number of esters is 1. The molecule has 0 saturated carbocycles. The molecule has 0 radical (unpaired) electrons. The number of ketones is 1. The number of hydrogen-bond donors (Lipinski definition) is 0. The van der Waals surface area contributed by atoms with Crippen LogP contribution >= 0.6 is 15.9 Å². The van der Waals surface area contributed by atoms with Gasteiger partial charge in [0, 0.05) is 10.0 Å². The van der Waals surface area contributed by atoms with Crippen molar-refractivity contribution in [2.45, 2.75) is 6.42 Å². The first kappa shape index (κ1) is 10.4. The fourth-order valence-corrected chi connectivity index (χ4v) is 1.80. The Morgan fingerprint density at radius 3 is 2.53 bits per heavy atom. The lowest BCUT2D eigenvalue weighted by molar-refractivity contribution is -0.137. The van der Waals surface area contributed by atoms with Gasteiger partial charge < -0.3 is 4.74 Å². The van der Waals surface area contributed by atoms with Gasteiger partial charge in [0.2, 0.25) is 0 Å². The lowest BCUT2D eigenvalue weighted by Gasteiger charge is -2.04. The molecular formula is C11H9BrO3. The zero-order valence-electron chi connectivity index (χ0n) is 7.90. The average Bonchev–Trinajstić information content (AvgIpc) is 2.65. The van der Waals surface area contributed by atoms with Crippen LogP contribution in [-0.2, 0) is 9.53 Å². The summed E-state index contributed by atoms with van der Waals surface area (Å²) in [4.78, 5) is 22.7. The number of ether oxygens (including phenoxy) is 1. The van der Waals surface area contributed by atoms with Crippen LogP contribution in [0.3, 0.4) is 0 Å². The Balaban J connectivity index is 2.14. The Bertz CT molecular complexity index is 397.